The molecule has 1 aliphatic heterocycles. The molecule has 0 amide bonds. The lowest BCUT2D eigenvalue weighted by Gasteiger charge is -2.07. The summed E-state index contributed by atoms with van der Waals surface area (Å²) in [5, 5.41) is 0.566. The predicted molar refractivity (Wildman–Crippen MR) is 92.8 cm³/mol. The fourth-order valence-electron chi connectivity index (χ4n) is 2.73. The van der Waals surface area contributed by atoms with Crippen LogP contribution in [0.15, 0.2) is 14.6 Å². The maximum absolute atomic E-state index is 12.7. The van der Waals surface area contributed by atoms with Gasteiger partial charge < -0.3 is 4.74 Å². The van der Waals surface area contributed by atoms with Crippen LogP contribution >= 0.6 is 11.3 Å². The highest BCUT2D eigenvalue weighted by Gasteiger charge is 2.24. The molecule has 3 heterocycles. The molecule has 0 fully saturated rings. The van der Waals surface area contributed by atoms with Gasteiger partial charge in [0, 0.05) is 6.54 Å². The summed E-state index contributed by atoms with van der Waals surface area (Å²) in [5.74, 6) is 0.809. The molecule has 2 aromatic rings. The number of hydrogen-bond acceptors (Lipinski definition) is 5. The van der Waals surface area contributed by atoms with Gasteiger partial charge in [-0.25, -0.2) is 9.79 Å². The van der Waals surface area contributed by atoms with Crippen molar-refractivity contribution in [3.63, 3.8) is 0 Å². The van der Waals surface area contributed by atoms with E-state index in [-0.39, 0.29) is 23.2 Å². The van der Waals surface area contributed by atoms with Gasteiger partial charge in [0.2, 0.25) is 5.90 Å². The Labute approximate surface area is 137 Å². The second-order valence-corrected chi connectivity index (χ2v) is 7.33. The zero-order chi connectivity index (χ0) is 16.7. The van der Waals surface area contributed by atoms with Crippen LogP contribution in [0.25, 0.3) is 10.2 Å². The van der Waals surface area contributed by atoms with E-state index >= 15 is 0 Å². The molecule has 23 heavy (non-hydrogen) atoms. The van der Waals surface area contributed by atoms with E-state index in [1.807, 2.05) is 20.8 Å². The summed E-state index contributed by atoms with van der Waals surface area (Å²) in [7, 11) is 0. The molecule has 124 valence electrons. The molecule has 0 saturated carbocycles. The average Bonchev–Trinajstić information content (AvgIpc) is 3.08. The average molecular weight is 335 g/mol. The number of nitrogens with one attached hydrogen (secondary N) is 1. The van der Waals surface area contributed by atoms with Crippen molar-refractivity contribution < 1.29 is 4.74 Å². The monoisotopic (exact) mass is 335 g/mol. The maximum Gasteiger partial charge on any atom is 0.329 e. The van der Waals surface area contributed by atoms with Crippen LogP contribution in [0.1, 0.15) is 37.6 Å². The Hall–Kier alpha value is -1.89. The highest BCUT2D eigenvalue weighted by molar-refractivity contribution is 7.20. The van der Waals surface area contributed by atoms with Crippen molar-refractivity contribution in [2.45, 2.75) is 46.7 Å². The Balaban J connectivity index is 2.18. The van der Waals surface area contributed by atoms with Gasteiger partial charge in [-0.1, -0.05) is 20.8 Å². The fourth-order valence-corrected chi connectivity index (χ4v) is 3.87. The van der Waals surface area contributed by atoms with E-state index in [1.54, 1.807) is 0 Å². The number of thiophene rings is 1. The van der Waals surface area contributed by atoms with Gasteiger partial charge in [-0.15, -0.1) is 11.3 Å². The standard InChI is InChI=1S/C16H21N3O3S/c1-5-10-7-22-13(17-10)12-9(4)11-14(23-12)18-16(21)19(15(11)20)6-8(2)3/h8,10H,5-7H2,1-4H3,(H,18,21)/t10-/m0/s1. The topological polar surface area (TPSA) is 76.5 Å². The van der Waals surface area contributed by atoms with E-state index in [4.69, 9.17) is 4.74 Å². The van der Waals surface area contributed by atoms with Gasteiger partial charge in [-0.05, 0) is 24.8 Å². The number of aromatic nitrogens is 2. The number of nitrogens with zero attached hydrogens (tertiary/aromatic N) is 2. The third kappa shape index (κ3) is 2.73. The van der Waals surface area contributed by atoms with E-state index in [0.717, 1.165) is 16.9 Å². The number of aromatic amines is 1. The van der Waals surface area contributed by atoms with Crippen LogP contribution in [-0.2, 0) is 11.3 Å². The minimum atomic E-state index is -0.357. The molecule has 6 nitrogen and oxygen atoms in total. The van der Waals surface area contributed by atoms with Crippen LogP contribution in [0.2, 0.25) is 0 Å². The normalized spacial score (nSPS) is 17.8. The number of rotatable bonds is 4. The highest BCUT2D eigenvalue weighted by Crippen LogP contribution is 2.29. The molecule has 0 aromatic carbocycles. The lowest BCUT2D eigenvalue weighted by molar-refractivity contribution is 0.315. The molecule has 0 aliphatic carbocycles. The van der Waals surface area contributed by atoms with Gasteiger partial charge in [0.25, 0.3) is 5.56 Å². The molecule has 1 N–H and O–H groups in total. The Morgan fingerprint density at radius 2 is 2.17 bits per heavy atom. The zero-order valence-electron chi connectivity index (χ0n) is 13.8. The van der Waals surface area contributed by atoms with E-state index in [1.165, 1.54) is 15.9 Å². The number of fused-ring (bicyclic) bond motifs is 1. The van der Waals surface area contributed by atoms with Crippen LogP contribution in [0.3, 0.4) is 0 Å². The van der Waals surface area contributed by atoms with Gasteiger partial charge in [0.1, 0.15) is 11.4 Å². The largest absolute Gasteiger partial charge is 0.475 e. The molecular weight excluding hydrogens is 314 g/mol. The Morgan fingerprint density at radius 1 is 1.43 bits per heavy atom. The number of aliphatic imine (C=N–C) groups is 1. The lowest BCUT2D eigenvalue weighted by atomic mass is 10.2. The minimum Gasteiger partial charge on any atom is -0.475 e. The summed E-state index contributed by atoms with van der Waals surface area (Å²) in [6, 6.07) is 0.172. The number of hydrogen-bond donors (Lipinski definition) is 1. The van der Waals surface area contributed by atoms with Gasteiger partial charge >= 0.3 is 5.69 Å². The Bertz CT molecular complexity index is 888. The molecule has 0 spiro atoms. The molecule has 1 atom stereocenters. The first kappa shape index (κ1) is 16.0. The zero-order valence-corrected chi connectivity index (χ0v) is 14.6. The quantitative estimate of drug-likeness (QED) is 0.931. The van der Waals surface area contributed by atoms with Crippen molar-refractivity contribution in [1.29, 1.82) is 0 Å². The second-order valence-electron chi connectivity index (χ2n) is 6.31. The van der Waals surface area contributed by atoms with E-state index in [0.29, 0.717) is 29.3 Å². The number of ether oxygens (including phenoxy) is 1. The van der Waals surface area contributed by atoms with Crippen LogP contribution in [-0.4, -0.2) is 28.1 Å². The van der Waals surface area contributed by atoms with Crippen molar-refractivity contribution in [3.05, 3.63) is 31.3 Å². The first-order valence-corrected chi connectivity index (χ1v) is 8.71. The third-order valence-corrected chi connectivity index (χ3v) is 5.19. The summed E-state index contributed by atoms with van der Waals surface area (Å²) in [6.07, 6.45) is 0.922. The molecule has 3 rings (SSSR count). The number of aryl methyl sites for hydroxylation is 1. The summed E-state index contributed by atoms with van der Waals surface area (Å²) in [5.41, 5.74) is 0.243. The van der Waals surface area contributed by atoms with Crippen molar-refractivity contribution in [1.82, 2.24) is 9.55 Å². The second kappa shape index (κ2) is 5.96. The van der Waals surface area contributed by atoms with Gasteiger partial charge in [0.15, 0.2) is 0 Å². The first-order valence-electron chi connectivity index (χ1n) is 7.89. The van der Waals surface area contributed by atoms with Crippen LogP contribution in [0, 0.1) is 12.8 Å². The Kier molecular flexibility index (Phi) is 4.14. The van der Waals surface area contributed by atoms with E-state index < -0.39 is 0 Å². The summed E-state index contributed by atoms with van der Waals surface area (Å²) >= 11 is 1.36. The first-order chi connectivity index (χ1) is 10.9. The van der Waals surface area contributed by atoms with Crippen LogP contribution in [0.4, 0.5) is 0 Å². The number of H-pyrrole nitrogens is 1. The Morgan fingerprint density at radius 3 is 2.78 bits per heavy atom. The fraction of sp³-hybridized carbons (Fsp3) is 0.562. The third-order valence-electron chi connectivity index (χ3n) is 4.00. The van der Waals surface area contributed by atoms with Crippen molar-refractivity contribution in [3.8, 4) is 0 Å². The summed E-state index contributed by atoms with van der Waals surface area (Å²) < 4.78 is 6.96. The maximum atomic E-state index is 12.7. The van der Waals surface area contributed by atoms with Gasteiger partial charge in [-0.2, -0.15) is 0 Å². The lowest BCUT2D eigenvalue weighted by Crippen LogP contribution is -2.36. The van der Waals surface area contributed by atoms with E-state index in [9.17, 15) is 9.59 Å². The van der Waals surface area contributed by atoms with Crippen molar-refractivity contribution >= 4 is 27.5 Å². The molecule has 1 aliphatic rings. The smallest absolute Gasteiger partial charge is 0.329 e. The van der Waals surface area contributed by atoms with Gasteiger partial charge in [0.05, 0.1) is 16.3 Å². The molecule has 7 heteroatoms. The van der Waals surface area contributed by atoms with Crippen LogP contribution < -0.4 is 11.2 Å². The molecule has 0 bridgehead atoms. The molecule has 0 radical (unpaired) electrons. The van der Waals surface area contributed by atoms with Crippen molar-refractivity contribution in [2.24, 2.45) is 10.9 Å². The predicted octanol–water partition coefficient (Wildman–Crippen LogP) is 2.27. The van der Waals surface area contributed by atoms with Crippen molar-refractivity contribution in [2.75, 3.05) is 6.61 Å². The van der Waals surface area contributed by atoms with Gasteiger partial charge in [-0.3, -0.25) is 14.3 Å². The molecule has 0 saturated heterocycles. The molecule has 2 aromatic heterocycles. The van der Waals surface area contributed by atoms with E-state index in [2.05, 4.69) is 16.9 Å². The minimum absolute atomic E-state index is 0.172. The summed E-state index contributed by atoms with van der Waals surface area (Å²) in [6.45, 7) is 8.90. The molecular formula is C16H21N3O3S. The SMILES string of the molecule is CC[C@H]1COC(c2sc3[nH]c(=O)n(CC(C)C)c(=O)c3c2C)=N1. The molecule has 0 unspecified atom stereocenters. The summed E-state index contributed by atoms with van der Waals surface area (Å²) in [4.78, 5) is 33.7. The highest BCUT2D eigenvalue weighted by atomic mass is 32.1. The van der Waals surface area contributed by atoms with Crippen LogP contribution in [0.5, 0.6) is 0 Å².